The van der Waals surface area contributed by atoms with Crippen LogP contribution in [0, 0.1) is 0 Å². The van der Waals surface area contributed by atoms with Gasteiger partial charge in [0.1, 0.15) is 18.0 Å². The third kappa shape index (κ3) is 2.92. The first-order valence-corrected chi connectivity index (χ1v) is 6.52. The number of rotatable bonds is 6. The van der Waals surface area contributed by atoms with Crippen LogP contribution >= 0.6 is 0 Å². The fourth-order valence-corrected chi connectivity index (χ4v) is 1.96. The Bertz CT molecular complexity index is 502. The second-order valence-electron chi connectivity index (χ2n) is 4.67. The van der Waals surface area contributed by atoms with Crippen LogP contribution in [-0.4, -0.2) is 12.6 Å². The van der Waals surface area contributed by atoms with Crippen molar-refractivity contribution in [1.82, 2.24) is 5.32 Å². The van der Waals surface area contributed by atoms with E-state index in [1.54, 1.807) is 0 Å². The second kappa shape index (κ2) is 6.03. The Kier molecular flexibility index (Phi) is 4.39. The number of ether oxygens (including phenoxy) is 1. The highest BCUT2D eigenvalue weighted by Crippen LogP contribution is 2.26. The zero-order chi connectivity index (χ0) is 13.0. The number of benzene rings is 1. The molecule has 2 rings (SSSR count). The van der Waals surface area contributed by atoms with E-state index < -0.39 is 0 Å². The third-order valence-electron chi connectivity index (χ3n) is 2.91. The summed E-state index contributed by atoms with van der Waals surface area (Å²) in [6.07, 6.45) is 0. The van der Waals surface area contributed by atoms with Crippen LogP contribution < -0.4 is 5.32 Å². The van der Waals surface area contributed by atoms with Gasteiger partial charge < -0.3 is 14.5 Å². The molecule has 98 valence electrons. The van der Waals surface area contributed by atoms with Gasteiger partial charge in [0.05, 0.1) is 0 Å². The first kappa shape index (κ1) is 13.1. The number of nitrogens with one attached hydrogen (secondary N) is 1. The van der Waals surface area contributed by atoms with E-state index in [4.69, 9.17) is 9.15 Å². The first-order valence-electron chi connectivity index (χ1n) is 6.52. The average Bonchev–Trinajstić information content (AvgIpc) is 2.71. The van der Waals surface area contributed by atoms with Gasteiger partial charge >= 0.3 is 0 Å². The minimum atomic E-state index is 0.457. The Morgan fingerprint density at radius 2 is 2.06 bits per heavy atom. The van der Waals surface area contributed by atoms with Crippen molar-refractivity contribution in [2.45, 2.75) is 40.0 Å². The summed E-state index contributed by atoms with van der Waals surface area (Å²) in [7, 11) is 0. The van der Waals surface area contributed by atoms with Gasteiger partial charge in [0.25, 0.3) is 0 Å². The van der Waals surface area contributed by atoms with E-state index in [1.165, 1.54) is 10.9 Å². The molecule has 1 N–H and O–H groups in total. The Morgan fingerprint density at radius 1 is 1.28 bits per heavy atom. The number of fused-ring (bicyclic) bond motifs is 1. The molecule has 0 radical (unpaired) electrons. The predicted molar refractivity (Wildman–Crippen MR) is 73.5 cm³/mol. The van der Waals surface area contributed by atoms with Crippen LogP contribution in [0.15, 0.2) is 28.7 Å². The van der Waals surface area contributed by atoms with Crippen LogP contribution in [-0.2, 0) is 17.9 Å². The molecule has 0 aliphatic heterocycles. The smallest absolute Gasteiger partial charge is 0.135 e. The van der Waals surface area contributed by atoms with Crippen LogP contribution in [0.4, 0.5) is 0 Å². The SMILES string of the molecule is CCOCc1oc2ccccc2c1CNC(C)C. The highest BCUT2D eigenvalue weighted by molar-refractivity contribution is 5.82. The van der Waals surface area contributed by atoms with Crippen molar-refractivity contribution >= 4 is 11.0 Å². The van der Waals surface area contributed by atoms with Gasteiger partial charge in [-0.25, -0.2) is 0 Å². The lowest BCUT2D eigenvalue weighted by Gasteiger charge is -2.08. The van der Waals surface area contributed by atoms with Gasteiger partial charge in [-0.3, -0.25) is 0 Å². The predicted octanol–water partition coefficient (Wildman–Crippen LogP) is 3.47. The molecule has 3 heteroatoms. The number of hydrogen-bond acceptors (Lipinski definition) is 3. The van der Waals surface area contributed by atoms with Gasteiger partial charge in [0.15, 0.2) is 0 Å². The summed E-state index contributed by atoms with van der Waals surface area (Å²) in [5, 5.41) is 4.62. The molecular weight excluding hydrogens is 226 g/mol. The molecule has 0 bridgehead atoms. The van der Waals surface area contributed by atoms with Crippen molar-refractivity contribution in [2.24, 2.45) is 0 Å². The zero-order valence-electron chi connectivity index (χ0n) is 11.3. The Hall–Kier alpha value is -1.32. The maximum atomic E-state index is 5.87. The van der Waals surface area contributed by atoms with Crippen molar-refractivity contribution in [3.05, 3.63) is 35.6 Å². The normalized spacial score (nSPS) is 11.6. The van der Waals surface area contributed by atoms with Gasteiger partial charge in [-0.15, -0.1) is 0 Å². The van der Waals surface area contributed by atoms with E-state index in [0.29, 0.717) is 19.3 Å². The summed E-state index contributed by atoms with van der Waals surface area (Å²) in [5.41, 5.74) is 2.15. The van der Waals surface area contributed by atoms with Crippen molar-refractivity contribution < 1.29 is 9.15 Å². The van der Waals surface area contributed by atoms with Gasteiger partial charge in [-0.1, -0.05) is 32.0 Å². The van der Waals surface area contributed by atoms with Gasteiger partial charge in [-0.2, -0.15) is 0 Å². The highest BCUT2D eigenvalue weighted by Gasteiger charge is 2.13. The van der Waals surface area contributed by atoms with Crippen molar-refractivity contribution in [3.63, 3.8) is 0 Å². The van der Waals surface area contributed by atoms with Crippen molar-refractivity contribution in [3.8, 4) is 0 Å². The van der Waals surface area contributed by atoms with Gasteiger partial charge in [0.2, 0.25) is 0 Å². The highest BCUT2D eigenvalue weighted by atomic mass is 16.5. The molecule has 0 spiro atoms. The lowest BCUT2D eigenvalue weighted by atomic mass is 10.1. The molecule has 3 nitrogen and oxygen atoms in total. The van der Waals surface area contributed by atoms with Crippen LogP contribution in [0.5, 0.6) is 0 Å². The number of furan rings is 1. The fraction of sp³-hybridized carbons (Fsp3) is 0.467. The lowest BCUT2D eigenvalue weighted by molar-refractivity contribution is 0.118. The van der Waals surface area contributed by atoms with E-state index >= 15 is 0 Å². The average molecular weight is 247 g/mol. The molecule has 0 aliphatic carbocycles. The maximum absolute atomic E-state index is 5.87. The Morgan fingerprint density at radius 3 is 2.78 bits per heavy atom. The van der Waals surface area contributed by atoms with E-state index in [2.05, 4.69) is 25.2 Å². The molecule has 1 aromatic carbocycles. The summed E-state index contributed by atoms with van der Waals surface area (Å²) in [6, 6.07) is 8.60. The van der Waals surface area contributed by atoms with Crippen LogP contribution in [0.3, 0.4) is 0 Å². The third-order valence-corrected chi connectivity index (χ3v) is 2.91. The summed E-state index contributed by atoms with van der Waals surface area (Å²) < 4.78 is 11.3. The molecule has 0 fully saturated rings. The van der Waals surface area contributed by atoms with E-state index in [-0.39, 0.29) is 0 Å². The zero-order valence-corrected chi connectivity index (χ0v) is 11.3. The molecule has 0 saturated heterocycles. The molecule has 1 aromatic heterocycles. The topological polar surface area (TPSA) is 34.4 Å². The molecule has 0 aliphatic rings. The lowest BCUT2D eigenvalue weighted by Crippen LogP contribution is -2.22. The number of para-hydroxylation sites is 1. The molecule has 0 saturated carbocycles. The van der Waals surface area contributed by atoms with E-state index in [9.17, 15) is 0 Å². The van der Waals surface area contributed by atoms with E-state index in [1.807, 2.05) is 25.1 Å². The van der Waals surface area contributed by atoms with Crippen LogP contribution in [0.25, 0.3) is 11.0 Å². The molecular formula is C15H21NO2. The fourth-order valence-electron chi connectivity index (χ4n) is 1.96. The molecule has 1 heterocycles. The summed E-state index contributed by atoms with van der Waals surface area (Å²) in [4.78, 5) is 0. The minimum absolute atomic E-state index is 0.457. The minimum Gasteiger partial charge on any atom is -0.458 e. The molecule has 0 amide bonds. The van der Waals surface area contributed by atoms with E-state index in [0.717, 1.165) is 17.9 Å². The molecule has 0 unspecified atom stereocenters. The van der Waals surface area contributed by atoms with Gasteiger partial charge in [-0.05, 0) is 13.0 Å². The van der Waals surface area contributed by atoms with Crippen LogP contribution in [0.2, 0.25) is 0 Å². The largest absolute Gasteiger partial charge is 0.458 e. The monoisotopic (exact) mass is 247 g/mol. The summed E-state index contributed by atoms with van der Waals surface area (Å²) in [6.45, 7) is 8.34. The summed E-state index contributed by atoms with van der Waals surface area (Å²) >= 11 is 0. The Labute approximate surface area is 108 Å². The van der Waals surface area contributed by atoms with Crippen LogP contribution in [0.1, 0.15) is 32.1 Å². The first-order chi connectivity index (χ1) is 8.72. The van der Waals surface area contributed by atoms with Crippen molar-refractivity contribution in [2.75, 3.05) is 6.61 Å². The standard InChI is InChI=1S/C15H21NO2/c1-4-17-10-15-13(9-16-11(2)3)12-7-5-6-8-14(12)18-15/h5-8,11,16H,4,9-10H2,1-3H3. The van der Waals surface area contributed by atoms with Gasteiger partial charge in [0, 0.05) is 30.1 Å². The second-order valence-corrected chi connectivity index (χ2v) is 4.67. The molecule has 0 atom stereocenters. The quantitative estimate of drug-likeness (QED) is 0.848. The summed E-state index contributed by atoms with van der Waals surface area (Å²) in [5.74, 6) is 0.936. The maximum Gasteiger partial charge on any atom is 0.135 e. The number of hydrogen-bond donors (Lipinski definition) is 1. The van der Waals surface area contributed by atoms with Crippen molar-refractivity contribution in [1.29, 1.82) is 0 Å². The molecule has 2 aromatic rings. The molecule has 18 heavy (non-hydrogen) atoms. The Balaban J connectivity index is 2.31.